The van der Waals surface area contributed by atoms with E-state index in [1.165, 1.54) is 0 Å². The lowest BCUT2D eigenvalue weighted by atomic mass is 10.2. The molecule has 5 heteroatoms. The van der Waals surface area contributed by atoms with Crippen molar-refractivity contribution >= 4 is 11.7 Å². The molecule has 0 bridgehead atoms. The summed E-state index contributed by atoms with van der Waals surface area (Å²) in [5, 5.41) is 6.30. The summed E-state index contributed by atoms with van der Waals surface area (Å²) in [5.41, 5.74) is 2.24. The molecular formula is C15H15N3O2. The van der Waals surface area contributed by atoms with Crippen molar-refractivity contribution in [3.05, 3.63) is 70.6 Å². The smallest absolute Gasteiger partial charge is 0.332 e. The molecule has 2 rings (SSSR count). The molecule has 0 atom stereocenters. The van der Waals surface area contributed by atoms with Gasteiger partial charge in [-0.25, -0.2) is 4.79 Å². The van der Waals surface area contributed by atoms with Crippen LogP contribution in [0.3, 0.4) is 0 Å². The Morgan fingerprint density at radius 3 is 2.40 bits per heavy atom. The van der Waals surface area contributed by atoms with E-state index in [-0.39, 0.29) is 0 Å². The zero-order valence-corrected chi connectivity index (χ0v) is 11.1. The summed E-state index contributed by atoms with van der Waals surface area (Å²) >= 11 is 0. The van der Waals surface area contributed by atoms with Gasteiger partial charge in [-0.05, 0) is 24.1 Å². The number of nitroso groups, excluding NO2 is 1. The SMILES string of the molecule is Cc1ccccc1N(N=O)C(=O)NCc1ccccc1. The number of carbonyl (C=O) groups is 1. The minimum atomic E-state index is -0.543. The molecule has 1 N–H and O–H groups in total. The molecule has 0 radical (unpaired) electrons. The molecule has 0 aliphatic rings. The molecule has 2 aromatic carbocycles. The molecule has 0 fully saturated rings. The monoisotopic (exact) mass is 269 g/mol. The number of urea groups is 1. The first-order valence-corrected chi connectivity index (χ1v) is 6.23. The van der Waals surface area contributed by atoms with Gasteiger partial charge in [-0.2, -0.15) is 0 Å². The van der Waals surface area contributed by atoms with Crippen LogP contribution in [0.5, 0.6) is 0 Å². The third-order valence-corrected chi connectivity index (χ3v) is 2.90. The number of aryl methyl sites for hydroxylation is 1. The third kappa shape index (κ3) is 3.20. The maximum atomic E-state index is 12.0. The van der Waals surface area contributed by atoms with Crippen LogP contribution in [0.1, 0.15) is 11.1 Å². The fraction of sp³-hybridized carbons (Fsp3) is 0.133. The van der Waals surface area contributed by atoms with E-state index in [0.29, 0.717) is 12.2 Å². The van der Waals surface area contributed by atoms with Gasteiger partial charge in [0, 0.05) is 6.54 Å². The predicted molar refractivity (Wildman–Crippen MR) is 78.1 cm³/mol. The van der Waals surface area contributed by atoms with Gasteiger partial charge in [-0.1, -0.05) is 48.5 Å². The average Bonchev–Trinajstić information content (AvgIpc) is 2.49. The number of hydrogen-bond acceptors (Lipinski definition) is 3. The van der Waals surface area contributed by atoms with Gasteiger partial charge >= 0.3 is 6.03 Å². The molecule has 2 amide bonds. The second-order valence-electron chi connectivity index (χ2n) is 4.32. The van der Waals surface area contributed by atoms with Crippen molar-refractivity contribution in [1.82, 2.24) is 5.32 Å². The number of rotatable bonds is 4. The van der Waals surface area contributed by atoms with Gasteiger partial charge in [0.2, 0.25) is 0 Å². The van der Waals surface area contributed by atoms with Crippen LogP contribution in [-0.2, 0) is 6.54 Å². The molecule has 0 unspecified atom stereocenters. The first kappa shape index (κ1) is 13.7. The Morgan fingerprint density at radius 1 is 1.10 bits per heavy atom. The van der Waals surface area contributed by atoms with Crippen LogP contribution >= 0.6 is 0 Å². The summed E-state index contributed by atoms with van der Waals surface area (Å²) in [4.78, 5) is 22.9. The second-order valence-corrected chi connectivity index (χ2v) is 4.32. The lowest BCUT2D eigenvalue weighted by molar-refractivity contribution is 0.246. The van der Waals surface area contributed by atoms with Gasteiger partial charge in [0.25, 0.3) is 0 Å². The van der Waals surface area contributed by atoms with Gasteiger partial charge in [0.15, 0.2) is 0 Å². The summed E-state index contributed by atoms with van der Waals surface area (Å²) in [7, 11) is 0. The zero-order valence-electron chi connectivity index (χ0n) is 11.1. The van der Waals surface area contributed by atoms with Crippen molar-refractivity contribution < 1.29 is 4.79 Å². The number of nitrogens with one attached hydrogen (secondary N) is 1. The Balaban J connectivity index is 2.07. The highest BCUT2D eigenvalue weighted by Crippen LogP contribution is 2.19. The Morgan fingerprint density at radius 2 is 1.75 bits per heavy atom. The first-order valence-electron chi connectivity index (χ1n) is 6.23. The van der Waals surface area contributed by atoms with Crippen molar-refractivity contribution in [2.75, 3.05) is 5.01 Å². The number of para-hydroxylation sites is 1. The van der Waals surface area contributed by atoms with Crippen molar-refractivity contribution in [2.24, 2.45) is 5.29 Å². The molecule has 0 saturated carbocycles. The van der Waals surface area contributed by atoms with Crippen LogP contribution in [-0.4, -0.2) is 6.03 Å². The highest BCUT2D eigenvalue weighted by molar-refractivity contribution is 5.91. The van der Waals surface area contributed by atoms with Crippen LogP contribution in [0.4, 0.5) is 10.5 Å². The number of nitrogens with zero attached hydrogens (tertiary/aromatic N) is 2. The number of hydrogen-bond donors (Lipinski definition) is 1. The summed E-state index contributed by atoms with van der Waals surface area (Å²) < 4.78 is 0. The first-order chi connectivity index (χ1) is 9.72. The van der Waals surface area contributed by atoms with Gasteiger partial charge < -0.3 is 5.32 Å². The van der Waals surface area contributed by atoms with E-state index in [0.717, 1.165) is 16.1 Å². The molecule has 5 nitrogen and oxygen atoms in total. The minimum absolute atomic E-state index is 0.345. The number of carbonyl (C=O) groups excluding carboxylic acids is 1. The van der Waals surface area contributed by atoms with Crippen LogP contribution in [0, 0.1) is 11.8 Å². The highest BCUT2D eigenvalue weighted by atomic mass is 16.3. The quantitative estimate of drug-likeness (QED) is 0.683. The second kappa shape index (κ2) is 6.47. The van der Waals surface area contributed by atoms with E-state index in [1.807, 2.05) is 49.4 Å². The van der Waals surface area contributed by atoms with Gasteiger partial charge in [0.05, 0.1) is 11.0 Å². The standard InChI is InChI=1S/C15H15N3O2/c1-12-7-5-6-10-14(12)18(17-20)15(19)16-11-13-8-3-2-4-9-13/h2-10H,11H2,1H3,(H,16,19). The summed E-state index contributed by atoms with van der Waals surface area (Å²) in [6, 6.07) is 16.0. The molecule has 102 valence electrons. The van der Waals surface area contributed by atoms with Gasteiger partial charge in [-0.15, -0.1) is 9.92 Å². The van der Waals surface area contributed by atoms with E-state index in [4.69, 9.17) is 0 Å². The Kier molecular flexibility index (Phi) is 4.44. The number of amides is 2. The predicted octanol–water partition coefficient (Wildman–Crippen LogP) is 3.39. The Labute approximate surface area is 117 Å². The topological polar surface area (TPSA) is 61.8 Å². The molecule has 0 aliphatic carbocycles. The number of anilines is 1. The Hall–Kier alpha value is -2.69. The molecule has 20 heavy (non-hydrogen) atoms. The normalized spacial score (nSPS) is 9.85. The van der Waals surface area contributed by atoms with Crippen LogP contribution in [0.15, 0.2) is 59.9 Å². The highest BCUT2D eigenvalue weighted by Gasteiger charge is 2.17. The van der Waals surface area contributed by atoms with E-state index in [9.17, 15) is 9.70 Å². The Bertz CT molecular complexity index is 599. The molecular weight excluding hydrogens is 254 g/mol. The van der Waals surface area contributed by atoms with Crippen molar-refractivity contribution in [3.63, 3.8) is 0 Å². The van der Waals surface area contributed by atoms with Crippen LogP contribution in [0.25, 0.3) is 0 Å². The molecule has 0 spiro atoms. The van der Waals surface area contributed by atoms with E-state index in [2.05, 4.69) is 10.6 Å². The van der Waals surface area contributed by atoms with E-state index in [1.54, 1.807) is 12.1 Å². The molecule has 0 aliphatic heterocycles. The molecule has 0 aromatic heterocycles. The van der Waals surface area contributed by atoms with Gasteiger partial charge in [-0.3, -0.25) is 0 Å². The fourth-order valence-corrected chi connectivity index (χ4v) is 1.84. The van der Waals surface area contributed by atoms with Crippen molar-refractivity contribution in [1.29, 1.82) is 0 Å². The molecule has 2 aromatic rings. The zero-order chi connectivity index (χ0) is 14.4. The summed E-state index contributed by atoms with van der Waals surface area (Å²) in [5.74, 6) is 0. The third-order valence-electron chi connectivity index (χ3n) is 2.90. The summed E-state index contributed by atoms with van der Waals surface area (Å²) in [6.45, 7) is 2.16. The van der Waals surface area contributed by atoms with E-state index >= 15 is 0 Å². The average molecular weight is 269 g/mol. The lowest BCUT2D eigenvalue weighted by Crippen LogP contribution is -2.36. The van der Waals surface area contributed by atoms with Crippen LogP contribution < -0.4 is 10.3 Å². The molecule has 0 saturated heterocycles. The van der Waals surface area contributed by atoms with Crippen molar-refractivity contribution in [2.45, 2.75) is 13.5 Å². The van der Waals surface area contributed by atoms with Crippen LogP contribution in [0.2, 0.25) is 0 Å². The van der Waals surface area contributed by atoms with Gasteiger partial charge in [0.1, 0.15) is 0 Å². The molecule has 0 heterocycles. The lowest BCUT2D eigenvalue weighted by Gasteiger charge is -2.16. The summed E-state index contributed by atoms with van der Waals surface area (Å²) in [6.07, 6.45) is 0. The largest absolute Gasteiger partial charge is 0.345 e. The minimum Gasteiger partial charge on any atom is -0.332 e. The van der Waals surface area contributed by atoms with E-state index < -0.39 is 6.03 Å². The van der Waals surface area contributed by atoms with Crippen molar-refractivity contribution in [3.8, 4) is 0 Å². The fourth-order valence-electron chi connectivity index (χ4n) is 1.84. The maximum absolute atomic E-state index is 12.0. The maximum Gasteiger partial charge on any atom is 0.345 e. The number of benzene rings is 2.